The van der Waals surface area contributed by atoms with Crippen molar-refractivity contribution in [3.05, 3.63) is 76.7 Å². The Balaban J connectivity index is 1.79. The molecule has 0 spiro atoms. The minimum atomic E-state index is -0.831. The first-order valence-electron chi connectivity index (χ1n) is 10.2. The lowest BCUT2D eigenvalue weighted by Gasteiger charge is -2.36. The van der Waals surface area contributed by atoms with Gasteiger partial charge in [-0.2, -0.15) is 0 Å². The van der Waals surface area contributed by atoms with Crippen LogP contribution in [-0.4, -0.2) is 31.7 Å². The van der Waals surface area contributed by atoms with Crippen LogP contribution >= 0.6 is 0 Å². The molecule has 2 aromatic carbocycles. The molecular formula is C25H24FNO4. The number of hydrogen-bond acceptors (Lipinski definition) is 5. The summed E-state index contributed by atoms with van der Waals surface area (Å²) in [6.07, 6.45) is 0.822. The molecule has 0 radical (unpaired) electrons. The molecule has 1 aliphatic carbocycles. The van der Waals surface area contributed by atoms with Gasteiger partial charge in [0, 0.05) is 29.3 Å². The lowest BCUT2D eigenvalue weighted by Crippen LogP contribution is -2.38. The van der Waals surface area contributed by atoms with E-state index in [4.69, 9.17) is 9.47 Å². The van der Waals surface area contributed by atoms with Gasteiger partial charge in [-0.15, -0.1) is 0 Å². The molecule has 1 heterocycles. The SMILES string of the molecule is COC(=O)C1C(C)=NC2=C(C(=O)C[C@@H](c3ccc(OC)cc3)C2)[C@H]1c1ccccc1F. The maximum Gasteiger partial charge on any atom is 0.315 e. The highest BCUT2D eigenvalue weighted by Crippen LogP contribution is 2.47. The maximum atomic E-state index is 14.8. The van der Waals surface area contributed by atoms with Gasteiger partial charge in [0.1, 0.15) is 17.5 Å². The van der Waals surface area contributed by atoms with Gasteiger partial charge in [-0.25, -0.2) is 4.39 Å². The first kappa shape index (κ1) is 21.0. The monoisotopic (exact) mass is 421 g/mol. The highest BCUT2D eigenvalue weighted by Gasteiger charge is 2.45. The van der Waals surface area contributed by atoms with E-state index in [2.05, 4.69) is 4.99 Å². The van der Waals surface area contributed by atoms with E-state index >= 15 is 0 Å². The van der Waals surface area contributed by atoms with Crippen LogP contribution < -0.4 is 4.74 Å². The Bertz CT molecular complexity index is 1090. The molecular weight excluding hydrogens is 397 g/mol. The molecule has 0 amide bonds. The van der Waals surface area contributed by atoms with E-state index in [1.54, 1.807) is 32.2 Å². The minimum Gasteiger partial charge on any atom is -0.497 e. The Hall–Kier alpha value is -3.28. The average molecular weight is 421 g/mol. The normalized spacial score (nSPS) is 23.2. The number of esters is 1. The fourth-order valence-electron chi connectivity index (χ4n) is 4.67. The largest absolute Gasteiger partial charge is 0.497 e. The van der Waals surface area contributed by atoms with Crippen LogP contribution in [0.25, 0.3) is 0 Å². The molecule has 31 heavy (non-hydrogen) atoms. The number of methoxy groups -OCH3 is 2. The quantitative estimate of drug-likeness (QED) is 0.678. The standard InChI is InChI=1S/C25H24FNO4/c1-14-22(25(29)31-3)23(18-6-4-5-7-19(18)26)24-20(27-14)12-16(13-21(24)28)15-8-10-17(30-2)11-9-15/h4-11,16,22-23H,12-13H2,1-3H3/t16-,22?,23-/m0/s1. The number of nitrogens with zero attached hydrogens (tertiary/aromatic N) is 1. The average Bonchev–Trinajstić information content (AvgIpc) is 2.78. The Labute approximate surface area is 180 Å². The van der Waals surface area contributed by atoms with Gasteiger partial charge >= 0.3 is 5.97 Å². The van der Waals surface area contributed by atoms with E-state index in [-0.39, 0.29) is 18.1 Å². The van der Waals surface area contributed by atoms with Gasteiger partial charge in [-0.1, -0.05) is 30.3 Å². The van der Waals surface area contributed by atoms with Crippen molar-refractivity contribution < 1.29 is 23.5 Å². The molecule has 0 aromatic heterocycles. The predicted molar refractivity (Wildman–Crippen MR) is 115 cm³/mol. The summed E-state index contributed by atoms with van der Waals surface area (Å²) >= 11 is 0. The number of aliphatic imine (C=N–C) groups is 1. The van der Waals surface area contributed by atoms with Crippen molar-refractivity contribution in [3.8, 4) is 5.75 Å². The van der Waals surface area contributed by atoms with Crippen molar-refractivity contribution in [2.45, 2.75) is 31.6 Å². The summed E-state index contributed by atoms with van der Waals surface area (Å²) in [6, 6.07) is 13.9. The molecule has 6 heteroatoms. The zero-order valence-corrected chi connectivity index (χ0v) is 17.7. The molecule has 0 bridgehead atoms. The van der Waals surface area contributed by atoms with Crippen LogP contribution in [0.15, 0.2) is 64.8 Å². The van der Waals surface area contributed by atoms with Crippen LogP contribution in [-0.2, 0) is 14.3 Å². The van der Waals surface area contributed by atoms with Crippen LogP contribution in [0.4, 0.5) is 4.39 Å². The molecule has 0 saturated carbocycles. The summed E-state index contributed by atoms with van der Waals surface area (Å²) in [6.45, 7) is 1.74. The summed E-state index contributed by atoms with van der Waals surface area (Å²) in [4.78, 5) is 30.6. The lowest BCUT2D eigenvalue weighted by atomic mass is 9.69. The lowest BCUT2D eigenvalue weighted by molar-refractivity contribution is -0.143. The van der Waals surface area contributed by atoms with Crippen LogP contribution in [0.1, 0.15) is 42.7 Å². The fraction of sp³-hybridized carbons (Fsp3) is 0.320. The second-order valence-electron chi connectivity index (χ2n) is 7.92. The van der Waals surface area contributed by atoms with Gasteiger partial charge in [0.05, 0.1) is 14.2 Å². The molecule has 2 aromatic rings. The van der Waals surface area contributed by atoms with E-state index in [0.29, 0.717) is 29.0 Å². The summed E-state index contributed by atoms with van der Waals surface area (Å²) in [5.41, 5.74) is 2.92. The molecule has 0 saturated heterocycles. The molecule has 2 aliphatic rings. The summed E-state index contributed by atoms with van der Waals surface area (Å²) < 4.78 is 25.0. The minimum absolute atomic E-state index is 0.0374. The van der Waals surface area contributed by atoms with Crippen molar-refractivity contribution in [2.75, 3.05) is 14.2 Å². The first-order chi connectivity index (χ1) is 14.9. The fourth-order valence-corrected chi connectivity index (χ4v) is 4.67. The van der Waals surface area contributed by atoms with Crippen molar-refractivity contribution >= 4 is 17.5 Å². The van der Waals surface area contributed by atoms with Crippen molar-refractivity contribution in [1.82, 2.24) is 0 Å². The van der Waals surface area contributed by atoms with E-state index in [1.807, 2.05) is 24.3 Å². The third kappa shape index (κ3) is 3.78. The Kier molecular flexibility index (Phi) is 5.72. The summed E-state index contributed by atoms with van der Waals surface area (Å²) in [5, 5.41) is 0. The highest BCUT2D eigenvalue weighted by molar-refractivity contribution is 6.09. The van der Waals surface area contributed by atoms with Crippen molar-refractivity contribution in [2.24, 2.45) is 10.9 Å². The van der Waals surface area contributed by atoms with Crippen LogP contribution in [0.2, 0.25) is 0 Å². The second-order valence-corrected chi connectivity index (χ2v) is 7.92. The molecule has 3 atom stereocenters. The van der Waals surface area contributed by atoms with Crippen molar-refractivity contribution in [1.29, 1.82) is 0 Å². The number of carbonyl (C=O) groups is 2. The van der Waals surface area contributed by atoms with Crippen LogP contribution in [0.5, 0.6) is 5.75 Å². The molecule has 5 nitrogen and oxygen atoms in total. The third-order valence-corrected chi connectivity index (χ3v) is 6.17. The maximum absolute atomic E-state index is 14.8. The second kappa shape index (κ2) is 8.46. The number of ketones is 1. The number of allylic oxidation sites excluding steroid dienone is 2. The Morgan fingerprint density at radius 1 is 1.06 bits per heavy atom. The number of halogens is 1. The molecule has 0 fully saturated rings. The number of rotatable bonds is 4. The number of ether oxygens (including phenoxy) is 2. The van der Waals surface area contributed by atoms with Crippen LogP contribution in [0, 0.1) is 11.7 Å². The van der Waals surface area contributed by atoms with E-state index in [1.165, 1.54) is 13.2 Å². The van der Waals surface area contributed by atoms with Gasteiger partial charge in [0.15, 0.2) is 5.78 Å². The smallest absolute Gasteiger partial charge is 0.315 e. The number of hydrogen-bond donors (Lipinski definition) is 0. The van der Waals surface area contributed by atoms with Gasteiger partial charge in [0.25, 0.3) is 0 Å². The topological polar surface area (TPSA) is 65.0 Å². The highest BCUT2D eigenvalue weighted by atomic mass is 19.1. The van der Waals surface area contributed by atoms with Crippen molar-refractivity contribution in [3.63, 3.8) is 0 Å². The van der Waals surface area contributed by atoms with E-state index in [9.17, 15) is 14.0 Å². The number of Topliss-reactive ketones (excluding diaryl/α,β-unsaturated/α-hetero) is 1. The molecule has 160 valence electrons. The molecule has 4 rings (SSSR count). The zero-order valence-electron chi connectivity index (χ0n) is 17.7. The number of benzene rings is 2. The summed E-state index contributed by atoms with van der Waals surface area (Å²) in [7, 11) is 2.90. The first-order valence-corrected chi connectivity index (χ1v) is 10.2. The van der Waals surface area contributed by atoms with Gasteiger partial charge < -0.3 is 9.47 Å². The third-order valence-electron chi connectivity index (χ3n) is 6.17. The number of carbonyl (C=O) groups excluding carboxylic acids is 2. The van der Waals surface area contributed by atoms with E-state index < -0.39 is 23.6 Å². The van der Waals surface area contributed by atoms with Gasteiger partial charge in [-0.3, -0.25) is 14.6 Å². The summed E-state index contributed by atoms with van der Waals surface area (Å²) in [5.74, 6) is -1.95. The van der Waals surface area contributed by atoms with E-state index in [0.717, 1.165) is 11.3 Å². The van der Waals surface area contributed by atoms with Gasteiger partial charge in [0.2, 0.25) is 0 Å². The molecule has 1 unspecified atom stereocenters. The van der Waals surface area contributed by atoms with Crippen LogP contribution in [0.3, 0.4) is 0 Å². The zero-order chi connectivity index (χ0) is 22.1. The Morgan fingerprint density at radius 2 is 1.77 bits per heavy atom. The Morgan fingerprint density at radius 3 is 2.42 bits per heavy atom. The molecule has 0 N–H and O–H groups in total. The van der Waals surface area contributed by atoms with Gasteiger partial charge in [-0.05, 0) is 48.6 Å². The molecule has 1 aliphatic heterocycles. The predicted octanol–water partition coefficient (Wildman–Crippen LogP) is 4.58.